The zero-order chi connectivity index (χ0) is 20.1. The Hall–Kier alpha value is -0.0700. The molecule has 1 unspecified atom stereocenters. The van der Waals surface area contributed by atoms with Crippen molar-refractivity contribution in [3.8, 4) is 5.75 Å². The topological polar surface area (TPSA) is 66.4 Å². The summed E-state index contributed by atoms with van der Waals surface area (Å²) in [6, 6.07) is 6.34. The van der Waals surface area contributed by atoms with Crippen LogP contribution in [-0.2, 0) is 23.0 Å². The maximum atomic E-state index is 10.9. The summed E-state index contributed by atoms with van der Waals surface area (Å²) in [5.41, 5.74) is 2.41. The van der Waals surface area contributed by atoms with E-state index in [1.54, 1.807) is 0 Å². The molecule has 0 amide bonds. The number of rotatable bonds is 15. The van der Waals surface area contributed by atoms with E-state index in [1.807, 2.05) is 6.92 Å². The summed E-state index contributed by atoms with van der Waals surface area (Å²) in [6.45, 7) is 6.26. The number of ether oxygens (including phenoxy) is 1. The van der Waals surface area contributed by atoms with E-state index in [4.69, 9.17) is 4.74 Å². The molecule has 1 atom stereocenters. The fraction of sp³-hybridized carbons (Fsp3) is 0.727. The molecule has 0 bridgehead atoms. The van der Waals surface area contributed by atoms with Gasteiger partial charge in [0.25, 0.3) is 0 Å². The molecule has 0 aromatic heterocycles. The fourth-order valence-electron chi connectivity index (χ4n) is 3.24. The molecular weight excluding hydrogens is 383 g/mol. The summed E-state index contributed by atoms with van der Waals surface area (Å²) >= 11 is 0. The van der Waals surface area contributed by atoms with Gasteiger partial charge in [0.2, 0.25) is 0 Å². The van der Waals surface area contributed by atoms with E-state index in [0.717, 1.165) is 31.4 Å². The van der Waals surface area contributed by atoms with Crippen LogP contribution in [0.15, 0.2) is 18.2 Å². The second-order valence-corrected chi connectivity index (χ2v) is 9.03. The standard InChI is InChI=1S/C22H38O4S.Na/c1-4-6-8-10-13-20-15-12-16-21(14-11-9-7-5-2)22(20)26-19(3)17-18-27(23,24)25;/h12,15-16,19H,4-11,13-14,17-18H2,1-3H3,(H,23,24,25);/q;+1/p-1. The minimum atomic E-state index is -4.20. The molecule has 0 saturated carbocycles. The van der Waals surface area contributed by atoms with E-state index >= 15 is 0 Å². The van der Waals surface area contributed by atoms with Crippen molar-refractivity contribution < 1.29 is 47.3 Å². The number of hydrogen-bond donors (Lipinski definition) is 0. The van der Waals surface area contributed by atoms with E-state index in [0.29, 0.717) is 0 Å². The molecule has 6 heteroatoms. The van der Waals surface area contributed by atoms with Crippen LogP contribution in [0.1, 0.15) is 89.7 Å². The summed E-state index contributed by atoms with van der Waals surface area (Å²) in [4.78, 5) is 0. The molecule has 1 aromatic carbocycles. The van der Waals surface area contributed by atoms with Gasteiger partial charge in [-0.25, -0.2) is 8.42 Å². The van der Waals surface area contributed by atoms with E-state index in [1.165, 1.54) is 49.7 Å². The summed E-state index contributed by atoms with van der Waals surface area (Å²) < 4.78 is 38.9. The molecule has 0 aliphatic heterocycles. The number of hydrogen-bond acceptors (Lipinski definition) is 4. The average molecular weight is 421 g/mol. The number of unbranched alkanes of at least 4 members (excludes halogenated alkanes) is 6. The zero-order valence-electron chi connectivity index (χ0n) is 18.3. The predicted molar refractivity (Wildman–Crippen MR) is 111 cm³/mol. The second-order valence-electron chi connectivity index (χ2n) is 7.51. The smallest absolute Gasteiger partial charge is 0.748 e. The van der Waals surface area contributed by atoms with Gasteiger partial charge in [-0.3, -0.25) is 0 Å². The average Bonchev–Trinajstić information content (AvgIpc) is 2.62. The third-order valence-corrected chi connectivity index (χ3v) is 5.61. The molecule has 0 radical (unpaired) electrons. The first-order chi connectivity index (χ1) is 12.9. The van der Waals surface area contributed by atoms with Crippen molar-refractivity contribution in [2.24, 2.45) is 0 Å². The molecule has 1 aromatic rings. The quantitative estimate of drug-likeness (QED) is 0.249. The third kappa shape index (κ3) is 12.5. The normalized spacial score (nSPS) is 12.4. The molecule has 28 heavy (non-hydrogen) atoms. The van der Waals surface area contributed by atoms with Gasteiger partial charge in [-0.2, -0.15) is 0 Å². The van der Waals surface area contributed by atoms with Crippen molar-refractivity contribution in [3.63, 3.8) is 0 Å². The van der Waals surface area contributed by atoms with Gasteiger partial charge in [0.15, 0.2) is 0 Å². The van der Waals surface area contributed by atoms with Gasteiger partial charge in [-0.1, -0.05) is 70.6 Å². The Morgan fingerprint density at radius 2 is 1.43 bits per heavy atom. The van der Waals surface area contributed by atoms with Crippen LogP contribution >= 0.6 is 0 Å². The van der Waals surface area contributed by atoms with E-state index in [2.05, 4.69) is 32.0 Å². The molecule has 0 saturated heterocycles. The van der Waals surface area contributed by atoms with Crippen molar-refractivity contribution in [2.45, 2.75) is 97.5 Å². The van der Waals surface area contributed by atoms with Gasteiger partial charge < -0.3 is 9.29 Å². The monoisotopic (exact) mass is 420 g/mol. The number of benzene rings is 1. The van der Waals surface area contributed by atoms with Crippen molar-refractivity contribution in [2.75, 3.05) is 5.75 Å². The predicted octanol–water partition coefficient (Wildman–Crippen LogP) is 2.64. The molecule has 0 heterocycles. The van der Waals surface area contributed by atoms with Crippen LogP contribution in [0, 0.1) is 0 Å². The largest absolute Gasteiger partial charge is 1.00 e. The Kier molecular flexibility index (Phi) is 15.7. The van der Waals surface area contributed by atoms with Crippen LogP contribution < -0.4 is 34.3 Å². The van der Waals surface area contributed by atoms with E-state index < -0.39 is 10.1 Å². The summed E-state index contributed by atoms with van der Waals surface area (Å²) in [6.07, 6.45) is 11.5. The zero-order valence-corrected chi connectivity index (χ0v) is 21.2. The Morgan fingerprint density at radius 3 is 1.86 bits per heavy atom. The Balaban J connectivity index is 0.00000729. The van der Waals surface area contributed by atoms with Gasteiger partial charge in [-0.05, 0) is 50.2 Å². The number of para-hydroxylation sites is 1. The van der Waals surface area contributed by atoms with Gasteiger partial charge in [0.1, 0.15) is 5.75 Å². The first kappa shape index (κ1) is 27.9. The van der Waals surface area contributed by atoms with E-state index in [9.17, 15) is 13.0 Å². The van der Waals surface area contributed by atoms with Crippen molar-refractivity contribution in [1.29, 1.82) is 0 Å². The van der Waals surface area contributed by atoms with Crippen LogP contribution in [0.4, 0.5) is 0 Å². The van der Waals surface area contributed by atoms with Crippen molar-refractivity contribution in [3.05, 3.63) is 29.3 Å². The molecule has 4 nitrogen and oxygen atoms in total. The van der Waals surface area contributed by atoms with Gasteiger partial charge >= 0.3 is 29.6 Å². The minimum absolute atomic E-state index is 0. The first-order valence-corrected chi connectivity index (χ1v) is 12.2. The Bertz CT molecular complexity index is 601. The molecule has 0 aliphatic rings. The molecule has 0 spiro atoms. The minimum Gasteiger partial charge on any atom is -0.748 e. The second kappa shape index (κ2) is 15.7. The summed E-state index contributed by atoms with van der Waals surface area (Å²) in [5, 5.41) is 0. The maximum Gasteiger partial charge on any atom is 1.00 e. The molecular formula is C22H37NaO4S. The van der Waals surface area contributed by atoms with Crippen molar-refractivity contribution in [1.82, 2.24) is 0 Å². The molecule has 1 rings (SSSR count). The molecule has 156 valence electrons. The third-order valence-electron chi connectivity index (χ3n) is 4.87. The van der Waals surface area contributed by atoms with Gasteiger partial charge in [0.05, 0.1) is 16.2 Å². The maximum absolute atomic E-state index is 10.9. The van der Waals surface area contributed by atoms with Crippen LogP contribution in [0.5, 0.6) is 5.75 Å². The summed E-state index contributed by atoms with van der Waals surface area (Å²) in [5.74, 6) is 0.542. The molecule has 0 aliphatic carbocycles. The van der Waals surface area contributed by atoms with Crippen LogP contribution in [-0.4, -0.2) is 24.8 Å². The van der Waals surface area contributed by atoms with Crippen LogP contribution in [0.3, 0.4) is 0 Å². The Labute approximate surface area is 194 Å². The van der Waals surface area contributed by atoms with Crippen LogP contribution in [0.2, 0.25) is 0 Å². The molecule has 0 fully saturated rings. The first-order valence-electron chi connectivity index (χ1n) is 10.6. The van der Waals surface area contributed by atoms with Gasteiger partial charge in [-0.15, -0.1) is 0 Å². The van der Waals surface area contributed by atoms with Crippen LogP contribution in [0.25, 0.3) is 0 Å². The SMILES string of the molecule is CCCCCCc1cccc(CCCCCC)c1OC(C)CCS(=O)(=O)[O-].[Na+]. The fourth-order valence-corrected chi connectivity index (χ4v) is 3.86. The van der Waals surface area contributed by atoms with E-state index in [-0.39, 0.29) is 47.8 Å². The molecule has 0 N–H and O–H groups in total. The van der Waals surface area contributed by atoms with Gasteiger partial charge in [0, 0.05) is 5.75 Å². The Morgan fingerprint density at radius 1 is 0.929 bits per heavy atom. The van der Waals surface area contributed by atoms with Crippen molar-refractivity contribution >= 4 is 10.1 Å². The number of aryl methyl sites for hydroxylation is 2. The summed E-state index contributed by atoms with van der Waals surface area (Å²) in [7, 11) is -4.20.